The van der Waals surface area contributed by atoms with Crippen LogP contribution in [0, 0.1) is 6.92 Å². The molecule has 1 fully saturated rings. The highest BCUT2D eigenvalue weighted by molar-refractivity contribution is 7.98. The van der Waals surface area contributed by atoms with E-state index in [0.717, 1.165) is 47.6 Å². The molecule has 1 unspecified atom stereocenters. The van der Waals surface area contributed by atoms with Crippen LogP contribution in [0.25, 0.3) is 11.1 Å². The lowest BCUT2D eigenvalue weighted by Crippen LogP contribution is -2.18. The van der Waals surface area contributed by atoms with E-state index in [1.54, 1.807) is 17.8 Å². The van der Waals surface area contributed by atoms with E-state index in [2.05, 4.69) is 5.10 Å². The van der Waals surface area contributed by atoms with E-state index in [9.17, 15) is 8.42 Å². The van der Waals surface area contributed by atoms with E-state index in [1.807, 2.05) is 36.2 Å². The Labute approximate surface area is 147 Å². The molecule has 7 heteroatoms. The number of hydrogen-bond donors (Lipinski definition) is 0. The first-order valence-electron chi connectivity index (χ1n) is 7.96. The molecule has 1 atom stereocenters. The van der Waals surface area contributed by atoms with Gasteiger partial charge < -0.3 is 4.74 Å². The van der Waals surface area contributed by atoms with Crippen molar-refractivity contribution in [3.05, 3.63) is 30.0 Å². The third-order valence-electron chi connectivity index (χ3n) is 4.23. The molecule has 1 saturated heterocycles. The lowest BCUT2D eigenvalue weighted by Gasteiger charge is -2.22. The summed E-state index contributed by atoms with van der Waals surface area (Å²) < 4.78 is 31.3. The Morgan fingerprint density at radius 3 is 2.71 bits per heavy atom. The molecule has 1 aliphatic rings. The van der Waals surface area contributed by atoms with Crippen LogP contribution in [0.15, 0.2) is 34.3 Å². The Kier molecular flexibility index (Phi) is 5.03. The second-order valence-electron chi connectivity index (χ2n) is 6.11. The van der Waals surface area contributed by atoms with Crippen molar-refractivity contribution >= 4 is 21.6 Å². The van der Waals surface area contributed by atoms with Gasteiger partial charge in [-0.05, 0) is 55.7 Å². The number of aryl methyl sites for hydroxylation is 1. The molecular formula is C17H22N2O3S2. The first kappa shape index (κ1) is 17.5. The Hall–Kier alpha value is -1.31. The van der Waals surface area contributed by atoms with Gasteiger partial charge in [0.05, 0.1) is 4.90 Å². The van der Waals surface area contributed by atoms with Crippen molar-refractivity contribution in [2.45, 2.75) is 42.3 Å². The molecule has 2 heterocycles. The molecule has 24 heavy (non-hydrogen) atoms. The van der Waals surface area contributed by atoms with Crippen LogP contribution in [0.3, 0.4) is 0 Å². The molecular weight excluding hydrogens is 344 g/mol. The average Bonchev–Trinajstić information content (AvgIpc) is 2.98. The van der Waals surface area contributed by atoms with Gasteiger partial charge >= 0.3 is 0 Å². The van der Waals surface area contributed by atoms with Crippen LogP contribution < -0.4 is 0 Å². The maximum absolute atomic E-state index is 11.8. The summed E-state index contributed by atoms with van der Waals surface area (Å²) in [5, 5.41) is 5.59. The smallest absolute Gasteiger partial charge is 0.175 e. The van der Waals surface area contributed by atoms with Gasteiger partial charge in [-0.15, -0.1) is 11.8 Å². The number of ether oxygens (including phenoxy) is 1. The van der Waals surface area contributed by atoms with Crippen molar-refractivity contribution in [1.82, 2.24) is 9.78 Å². The third-order valence-corrected chi connectivity index (χ3v) is 6.17. The van der Waals surface area contributed by atoms with Crippen LogP contribution in [-0.2, 0) is 14.6 Å². The van der Waals surface area contributed by atoms with E-state index in [1.165, 1.54) is 6.26 Å². The largest absolute Gasteiger partial charge is 0.357 e. The highest BCUT2D eigenvalue weighted by Gasteiger charge is 2.20. The number of thioether (sulfide) groups is 1. The zero-order valence-corrected chi connectivity index (χ0v) is 15.8. The molecule has 3 rings (SSSR count). The SMILES string of the molecule is CSc1nn(C2CCCCO2)cc1-c1ccc(S(C)(=O)=O)c(C)c1. The Morgan fingerprint density at radius 1 is 1.33 bits per heavy atom. The summed E-state index contributed by atoms with van der Waals surface area (Å²) in [7, 11) is -3.21. The molecule has 0 aliphatic carbocycles. The van der Waals surface area contributed by atoms with E-state index in [0.29, 0.717) is 4.90 Å². The second-order valence-corrected chi connectivity index (χ2v) is 8.88. The monoisotopic (exact) mass is 366 g/mol. The summed E-state index contributed by atoms with van der Waals surface area (Å²) in [5.41, 5.74) is 2.75. The molecule has 5 nitrogen and oxygen atoms in total. The van der Waals surface area contributed by atoms with Crippen molar-refractivity contribution in [1.29, 1.82) is 0 Å². The van der Waals surface area contributed by atoms with E-state index < -0.39 is 9.84 Å². The normalized spacial score (nSPS) is 18.7. The van der Waals surface area contributed by atoms with Crippen LogP contribution >= 0.6 is 11.8 Å². The van der Waals surface area contributed by atoms with E-state index in [-0.39, 0.29) is 6.23 Å². The molecule has 0 spiro atoms. The van der Waals surface area contributed by atoms with Gasteiger partial charge in [0, 0.05) is 24.6 Å². The van der Waals surface area contributed by atoms with Gasteiger partial charge in [-0.2, -0.15) is 5.10 Å². The van der Waals surface area contributed by atoms with Crippen LogP contribution in [0.1, 0.15) is 31.1 Å². The molecule has 0 amide bonds. The Morgan fingerprint density at radius 2 is 2.12 bits per heavy atom. The van der Waals surface area contributed by atoms with E-state index in [4.69, 9.17) is 4.74 Å². The predicted octanol–water partition coefficient (Wildman–Crippen LogP) is 3.68. The standard InChI is InChI=1S/C17H22N2O3S2/c1-12-10-13(7-8-15(12)24(3,20)21)14-11-19(18-17(14)23-2)16-6-4-5-9-22-16/h7-8,10-11,16H,4-6,9H2,1-3H3. The summed E-state index contributed by atoms with van der Waals surface area (Å²) in [6.45, 7) is 2.60. The molecule has 2 aromatic rings. The zero-order valence-electron chi connectivity index (χ0n) is 14.2. The summed E-state index contributed by atoms with van der Waals surface area (Å²) in [5.74, 6) is 0. The van der Waals surface area contributed by atoms with Crippen LogP contribution in [0.4, 0.5) is 0 Å². The molecule has 0 N–H and O–H groups in total. The quantitative estimate of drug-likeness (QED) is 0.773. The van der Waals surface area contributed by atoms with Crippen molar-refractivity contribution < 1.29 is 13.2 Å². The minimum Gasteiger partial charge on any atom is -0.357 e. The first-order valence-corrected chi connectivity index (χ1v) is 11.1. The van der Waals surface area contributed by atoms with E-state index >= 15 is 0 Å². The van der Waals surface area contributed by atoms with Gasteiger partial charge in [0.1, 0.15) is 11.3 Å². The summed E-state index contributed by atoms with van der Waals surface area (Å²) in [6.07, 6.45) is 8.46. The topological polar surface area (TPSA) is 61.2 Å². The average molecular weight is 367 g/mol. The third kappa shape index (κ3) is 3.53. The predicted molar refractivity (Wildman–Crippen MR) is 96.1 cm³/mol. The Bertz CT molecular complexity index is 838. The summed E-state index contributed by atoms with van der Waals surface area (Å²) >= 11 is 1.58. The van der Waals surface area contributed by atoms with Gasteiger partial charge in [0.15, 0.2) is 9.84 Å². The first-order chi connectivity index (χ1) is 11.4. The molecule has 0 radical (unpaired) electrons. The highest BCUT2D eigenvalue weighted by Crippen LogP contribution is 2.33. The molecule has 0 bridgehead atoms. The van der Waals surface area contributed by atoms with Gasteiger partial charge in [-0.25, -0.2) is 13.1 Å². The van der Waals surface area contributed by atoms with Crippen molar-refractivity contribution in [2.24, 2.45) is 0 Å². The van der Waals surface area contributed by atoms with Crippen molar-refractivity contribution in [2.75, 3.05) is 19.1 Å². The van der Waals surface area contributed by atoms with Gasteiger partial charge in [-0.3, -0.25) is 0 Å². The molecule has 1 aromatic carbocycles. The van der Waals surface area contributed by atoms with Gasteiger partial charge in [0.25, 0.3) is 0 Å². The summed E-state index contributed by atoms with van der Waals surface area (Å²) in [6, 6.07) is 5.45. The summed E-state index contributed by atoms with van der Waals surface area (Å²) in [4.78, 5) is 0.375. The van der Waals surface area contributed by atoms with Crippen LogP contribution in [0.2, 0.25) is 0 Å². The van der Waals surface area contributed by atoms with Gasteiger partial charge in [-0.1, -0.05) is 6.07 Å². The molecule has 130 valence electrons. The van der Waals surface area contributed by atoms with Crippen molar-refractivity contribution in [3.8, 4) is 11.1 Å². The zero-order chi connectivity index (χ0) is 17.3. The lowest BCUT2D eigenvalue weighted by molar-refractivity contribution is -0.0400. The molecule has 1 aliphatic heterocycles. The molecule has 1 aromatic heterocycles. The fraction of sp³-hybridized carbons (Fsp3) is 0.471. The van der Waals surface area contributed by atoms with Gasteiger partial charge in [0.2, 0.25) is 0 Å². The fourth-order valence-corrected chi connectivity index (χ4v) is 4.56. The van der Waals surface area contributed by atoms with Crippen LogP contribution in [-0.4, -0.2) is 37.3 Å². The Balaban J connectivity index is 1.99. The number of rotatable bonds is 4. The number of nitrogens with zero attached hydrogens (tertiary/aromatic N) is 2. The molecule has 0 saturated carbocycles. The minimum atomic E-state index is -3.21. The number of aromatic nitrogens is 2. The lowest BCUT2D eigenvalue weighted by atomic mass is 10.1. The van der Waals surface area contributed by atoms with Crippen LogP contribution in [0.5, 0.6) is 0 Å². The minimum absolute atomic E-state index is 0.00482. The number of benzene rings is 1. The maximum atomic E-state index is 11.8. The second kappa shape index (κ2) is 6.90. The number of sulfone groups is 1. The fourth-order valence-electron chi connectivity index (χ4n) is 3.04. The highest BCUT2D eigenvalue weighted by atomic mass is 32.2. The maximum Gasteiger partial charge on any atom is 0.175 e. The number of hydrogen-bond acceptors (Lipinski definition) is 5. The van der Waals surface area contributed by atoms with Crippen molar-refractivity contribution in [3.63, 3.8) is 0 Å².